The van der Waals surface area contributed by atoms with E-state index >= 15 is 0 Å². The van der Waals surface area contributed by atoms with Crippen LogP contribution in [0.15, 0.2) is 30.3 Å². The summed E-state index contributed by atoms with van der Waals surface area (Å²) < 4.78 is 0. The number of benzene rings is 1. The first kappa shape index (κ1) is 16.5. The number of nitrogens with one attached hydrogen (secondary N) is 1. The van der Waals surface area contributed by atoms with Crippen molar-refractivity contribution in [3.05, 3.63) is 30.3 Å². The predicted molar refractivity (Wildman–Crippen MR) is 85.8 cm³/mol. The van der Waals surface area contributed by atoms with E-state index in [-0.39, 0.29) is 5.41 Å². The van der Waals surface area contributed by atoms with Gasteiger partial charge in [0.25, 0.3) is 0 Å². The van der Waals surface area contributed by atoms with Crippen molar-refractivity contribution in [2.75, 3.05) is 31.6 Å². The van der Waals surface area contributed by atoms with Crippen LogP contribution in [0.2, 0.25) is 0 Å². The second-order valence-corrected chi connectivity index (χ2v) is 6.11. The summed E-state index contributed by atoms with van der Waals surface area (Å²) in [6, 6.07) is 12.7. The molecule has 0 bridgehead atoms. The average Bonchev–Trinajstić information content (AvgIpc) is 2.45. The fraction of sp³-hybridized carbons (Fsp3) is 0.588. The molecule has 1 rings (SSSR count). The van der Waals surface area contributed by atoms with E-state index < -0.39 is 0 Å². The Bertz CT molecular complexity index is 406. The second kappa shape index (κ2) is 8.60. The number of para-hydroxylation sites is 1. The van der Waals surface area contributed by atoms with Gasteiger partial charge in [0.2, 0.25) is 0 Å². The molecule has 0 aromatic heterocycles. The highest BCUT2D eigenvalue weighted by Crippen LogP contribution is 2.20. The summed E-state index contributed by atoms with van der Waals surface area (Å²) in [6.07, 6.45) is 2.73. The molecule has 0 amide bonds. The number of anilines is 1. The predicted octanol–water partition coefficient (Wildman–Crippen LogP) is 3.43. The maximum absolute atomic E-state index is 8.63. The van der Waals surface area contributed by atoms with Crippen molar-refractivity contribution in [1.82, 2.24) is 5.32 Å². The van der Waals surface area contributed by atoms with Crippen LogP contribution in [-0.4, -0.2) is 26.7 Å². The number of hydrogen-bond donors (Lipinski definition) is 1. The van der Waals surface area contributed by atoms with Crippen LogP contribution < -0.4 is 10.2 Å². The molecule has 0 saturated carbocycles. The van der Waals surface area contributed by atoms with Crippen molar-refractivity contribution in [3.8, 4) is 6.07 Å². The third-order valence-corrected chi connectivity index (χ3v) is 3.56. The summed E-state index contributed by atoms with van der Waals surface area (Å²) >= 11 is 0. The number of hydrogen-bond acceptors (Lipinski definition) is 3. The van der Waals surface area contributed by atoms with Crippen molar-refractivity contribution in [3.63, 3.8) is 0 Å². The van der Waals surface area contributed by atoms with Crippen LogP contribution in [0.5, 0.6) is 0 Å². The molecule has 0 radical (unpaired) electrons. The molecule has 0 aliphatic carbocycles. The van der Waals surface area contributed by atoms with Crippen LogP contribution in [0.25, 0.3) is 0 Å². The number of rotatable bonds is 9. The minimum atomic E-state index is 0.209. The van der Waals surface area contributed by atoms with Crippen molar-refractivity contribution < 1.29 is 0 Å². The summed E-state index contributed by atoms with van der Waals surface area (Å²) in [5, 5.41) is 12.1. The monoisotopic (exact) mass is 273 g/mol. The standard InChI is InChI=1S/C17H27N3/c1-17(2,11-7-12-18)15-19-13-8-14-20(3)16-9-5-4-6-10-16/h4-6,9-10,19H,7-8,11,13-15H2,1-3H3. The molecule has 0 heterocycles. The Morgan fingerprint density at radius 3 is 2.60 bits per heavy atom. The summed E-state index contributed by atoms with van der Waals surface area (Å²) in [4.78, 5) is 2.28. The van der Waals surface area contributed by atoms with E-state index in [1.165, 1.54) is 5.69 Å². The molecule has 0 spiro atoms. The highest BCUT2D eigenvalue weighted by molar-refractivity contribution is 5.44. The molecule has 20 heavy (non-hydrogen) atoms. The van der Waals surface area contributed by atoms with E-state index in [2.05, 4.69) is 61.4 Å². The summed E-state index contributed by atoms with van der Waals surface area (Å²) in [5.41, 5.74) is 1.47. The van der Waals surface area contributed by atoms with E-state index in [1.807, 2.05) is 6.07 Å². The van der Waals surface area contributed by atoms with Gasteiger partial charge < -0.3 is 10.2 Å². The lowest BCUT2D eigenvalue weighted by Crippen LogP contribution is -2.31. The van der Waals surface area contributed by atoms with Gasteiger partial charge in [-0.25, -0.2) is 0 Å². The zero-order chi connectivity index (χ0) is 14.8. The van der Waals surface area contributed by atoms with Gasteiger partial charge in [0.1, 0.15) is 0 Å². The van der Waals surface area contributed by atoms with E-state index in [1.54, 1.807) is 0 Å². The van der Waals surface area contributed by atoms with Crippen LogP contribution in [0.3, 0.4) is 0 Å². The lowest BCUT2D eigenvalue weighted by molar-refractivity contribution is 0.318. The Kier molecular flexibility index (Phi) is 7.11. The Labute approximate surface area is 123 Å². The Morgan fingerprint density at radius 1 is 1.25 bits per heavy atom. The molecule has 0 atom stereocenters. The Hall–Kier alpha value is -1.53. The Balaban J connectivity index is 2.15. The van der Waals surface area contributed by atoms with Crippen LogP contribution in [0, 0.1) is 16.7 Å². The molecule has 3 heteroatoms. The summed E-state index contributed by atoms with van der Waals surface area (Å²) in [6.45, 7) is 7.48. The van der Waals surface area contributed by atoms with Gasteiger partial charge in [0.05, 0.1) is 6.07 Å². The summed E-state index contributed by atoms with van der Waals surface area (Å²) in [7, 11) is 2.13. The average molecular weight is 273 g/mol. The van der Waals surface area contributed by atoms with Gasteiger partial charge in [-0.05, 0) is 36.9 Å². The van der Waals surface area contributed by atoms with Gasteiger partial charge >= 0.3 is 0 Å². The molecular weight excluding hydrogens is 246 g/mol. The third kappa shape index (κ3) is 6.58. The van der Waals surface area contributed by atoms with Crippen LogP contribution >= 0.6 is 0 Å². The molecule has 1 aromatic carbocycles. The minimum Gasteiger partial charge on any atom is -0.375 e. The van der Waals surface area contributed by atoms with E-state index in [9.17, 15) is 0 Å². The van der Waals surface area contributed by atoms with E-state index in [0.717, 1.165) is 32.5 Å². The van der Waals surface area contributed by atoms with Crippen LogP contribution in [0.4, 0.5) is 5.69 Å². The van der Waals surface area contributed by atoms with Crippen molar-refractivity contribution >= 4 is 5.69 Å². The minimum absolute atomic E-state index is 0.209. The molecule has 0 aliphatic rings. The zero-order valence-corrected chi connectivity index (χ0v) is 13.0. The highest BCUT2D eigenvalue weighted by Gasteiger charge is 2.16. The smallest absolute Gasteiger partial charge is 0.0621 e. The lowest BCUT2D eigenvalue weighted by Gasteiger charge is -2.24. The van der Waals surface area contributed by atoms with Crippen molar-refractivity contribution in [2.45, 2.75) is 33.1 Å². The zero-order valence-electron chi connectivity index (χ0n) is 13.0. The first-order valence-electron chi connectivity index (χ1n) is 7.39. The van der Waals surface area contributed by atoms with Crippen LogP contribution in [0.1, 0.15) is 33.1 Å². The second-order valence-electron chi connectivity index (χ2n) is 6.11. The maximum atomic E-state index is 8.63. The first-order valence-corrected chi connectivity index (χ1v) is 7.39. The SMILES string of the molecule is CN(CCCNCC(C)(C)CCC#N)c1ccccc1. The van der Waals surface area contributed by atoms with Crippen molar-refractivity contribution in [2.24, 2.45) is 5.41 Å². The van der Waals surface area contributed by atoms with Gasteiger partial charge in [-0.3, -0.25) is 0 Å². The fourth-order valence-corrected chi connectivity index (χ4v) is 2.16. The van der Waals surface area contributed by atoms with Gasteiger partial charge in [-0.15, -0.1) is 0 Å². The van der Waals surface area contributed by atoms with Crippen molar-refractivity contribution in [1.29, 1.82) is 5.26 Å². The van der Waals surface area contributed by atoms with E-state index in [0.29, 0.717) is 6.42 Å². The number of nitrogens with zero attached hydrogens (tertiary/aromatic N) is 2. The molecular formula is C17H27N3. The third-order valence-electron chi connectivity index (χ3n) is 3.56. The summed E-state index contributed by atoms with van der Waals surface area (Å²) in [5.74, 6) is 0. The molecule has 110 valence electrons. The maximum Gasteiger partial charge on any atom is 0.0621 e. The van der Waals surface area contributed by atoms with Gasteiger partial charge in [-0.2, -0.15) is 5.26 Å². The topological polar surface area (TPSA) is 39.1 Å². The van der Waals surface area contributed by atoms with E-state index in [4.69, 9.17) is 5.26 Å². The quantitative estimate of drug-likeness (QED) is 0.701. The largest absolute Gasteiger partial charge is 0.375 e. The fourth-order valence-electron chi connectivity index (χ4n) is 2.16. The van der Waals surface area contributed by atoms with Gasteiger partial charge in [-0.1, -0.05) is 32.0 Å². The van der Waals surface area contributed by atoms with Gasteiger partial charge in [0, 0.05) is 32.2 Å². The molecule has 0 aliphatic heterocycles. The lowest BCUT2D eigenvalue weighted by atomic mass is 9.88. The number of nitriles is 1. The van der Waals surface area contributed by atoms with Crippen LogP contribution in [-0.2, 0) is 0 Å². The molecule has 0 unspecified atom stereocenters. The molecule has 0 saturated heterocycles. The molecule has 3 nitrogen and oxygen atoms in total. The molecule has 1 N–H and O–H groups in total. The molecule has 1 aromatic rings. The Morgan fingerprint density at radius 2 is 1.95 bits per heavy atom. The normalized spacial score (nSPS) is 11.1. The molecule has 0 fully saturated rings. The van der Waals surface area contributed by atoms with Gasteiger partial charge in [0.15, 0.2) is 0 Å². The first-order chi connectivity index (χ1) is 9.55. The highest BCUT2D eigenvalue weighted by atomic mass is 15.1.